The van der Waals surface area contributed by atoms with Gasteiger partial charge in [0, 0.05) is 12.1 Å². The number of rotatable bonds is 4. The summed E-state index contributed by atoms with van der Waals surface area (Å²) in [5.74, 6) is -0.674. The molecule has 1 unspecified atom stereocenters. The molecule has 0 amide bonds. The molecule has 6 heteroatoms. The van der Waals surface area contributed by atoms with E-state index in [9.17, 15) is 9.90 Å². The molecule has 0 radical (unpaired) electrons. The summed E-state index contributed by atoms with van der Waals surface area (Å²) in [6.45, 7) is 4.03. The molecule has 0 fully saturated rings. The Morgan fingerprint density at radius 3 is 2.63 bits per heavy atom. The van der Waals surface area contributed by atoms with Gasteiger partial charge in [0.05, 0.1) is 10.9 Å². The number of fused-ring (bicyclic) bond motifs is 1. The first-order valence-corrected chi connectivity index (χ1v) is 6.39. The molecule has 0 bridgehead atoms. The van der Waals surface area contributed by atoms with E-state index in [4.69, 9.17) is 26.8 Å². The first-order valence-electron chi connectivity index (χ1n) is 6.02. The smallest absolute Gasteiger partial charge is 0.312 e. The third-order valence-electron chi connectivity index (χ3n) is 3.15. The highest BCUT2D eigenvalue weighted by atomic mass is 35.5. The lowest BCUT2D eigenvalue weighted by Crippen LogP contribution is -2.22. The van der Waals surface area contributed by atoms with E-state index in [1.165, 1.54) is 0 Å². The van der Waals surface area contributed by atoms with Crippen molar-refractivity contribution in [3.05, 3.63) is 22.2 Å². The third kappa shape index (κ3) is 2.35. The molecule has 0 aliphatic carbocycles. The fourth-order valence-corrected chi connectivity index (χ4v) is 2.57. The highest BCUT2D eigenvalue weighted by Crippen LogP contribution is 2.47. The summed E-state index contributed by atoms with van der Waals surface area (Å²) in [7, 11) is 0. The van der Waals surface area contributed by atoms with Gasteiger partial charge in [-0.15, -0.1) is 0 Å². The number of benzene rings is 1. The topological polar surface area (TPSA) is 81.8 Å². The molecule has 1 aromatic carbocycles. The first-order chi connectivity index (χ1) is 8.97. The zero-order valence-corrected chi connectivity index (χ0v) is 11.5. The van der Waals surface area contributed by atoms with Crippen LogP contribution in [0.5, 0.6) is 11.5 Å². The molecule has 1 aliphatic rings. The van der Waals surface area contributed by atoms with Crippen LogP contribution in [-0.2, 0) is 4.79 Å². The molecular formula is C13H16ClNO4. The summed E-state index contributed by atoms with van der Waals surface area (Å²) in [5.41, 5.74) is 6.97. The number of aliphatic carboxylic acids is 1. The highest BCUT2D eigenvalue weighted by Gasteiger charge is 2.31. The van der Waals surface area contributed by atoms with Gasteiger partial charge >= 0.3 is 5.97 Å². The normalized spacial score (nSPS) is 14.8. The molecular weight excluding hydrogens is 270 g/mol. The predicted molar refractivity (Wildman–Crippen MR) is 71.1 cm³/mol. The lowest BCUT2D eigenvalue weighted by molar-refractivity contribution is -0.138. The molecule has 104 valence electrons. The maximum atomic E-state index is 11.3. The Morgan fingerprint density at radius 2 is 2.11 bits per heavy atom. The molecule has 2 rings (SSSR count). The summed E-state index contributed by atoms with van der Waals surface area (Å²) in [5, 5.41) is 9.63. The van der Waals surface area contributed by atoms with Gasteiger partial charge in [0.25, 0.3) is 0 Å². The Kier molecular flexibility index (Phi) is 3.87. The van der Waals surface area contributed by atoms with Gasteiger partial charge in [0.2, 0.25) is 6.79 Å². The fraction of sp³-hybridized carbons (Fsp3) is 0.462. The van der Waals surface area contributed by atoms with Gasteiger partial charge in [-0.25, -0.2) is 0 Å². The van der Waals surface area contributed by atoms with Crippen molar-refractivity contribution in [2.45, 2.75) is 25.7 Å². The van der Waals surface area contributed by atoms with Crippen molar-refractivity contribution in [3.8, 4) is 11.5 Å². The first kappa shape index (κ1) is 14.0. The summed E-state index contributed by atoms with van der Waals surface area (Å²) in [6.07, 6.45) is 0. The van der Waals surface area contributed by atoms with E-state index in [0.29, 0.717) is 22.1 Å². The van der Waals surface area contributed by atoms with Crippen molar-refractivity contribution in [2.75, 3.05) is 13.3 Å². The maximum absolute atomic E-state index is 11.3. The van der Waals surface area contributed by atoms with E-state index in [1.54, 1.807) is 6.07 Å². The van der Waals surface area contributed by atoms with Crippen molar-refractivity contribution in [2.24, 2.45) is 5.73 Å². The monoisotopic (exact) mass is 285 g/mol. The Morgan fingerprint density at radius 1 is 1.47 bits per heavy atom. The van der Waals surface area contributed by atoms with Gasteiger partial charge < -0.3 is 20.3 Å². The predicted octanol–water partition coefficient (Wildman–Crippen LogP) is 2.32. The highest BCUT2D eigenvalue weighted by molar-refractivity contribution is 6.32. The Balaban J connectivity index is 2.66. The summed E-state index contributed by atoms with van der Waals surface area (Å²) < 4.78 is 10.8. The van der Waals surface area contributed by atoms with Gasteiger partial charge in [0.1, 0.15) is 0 Å². The zero-order chi connectivity index (χ0) is 14.2. The van der Waals surface area contributed by atoms with Crippen molar-refractivity contribution < 1.29 is 19.4 Å². The van der Waals surface area contributed by atoms with E-state index >= 15 is 0 Å². The molecule has 3 N–H and O–H groups in total. The number of carboxylic acid groups (broad SMARTS) is 1. The summed E-state index contributed by atoms with van der Waals surface area (Å²) in [4.78, 5) is 11.3. The SMILES string of the molecule is CC(C)c1c(C(CN)C(=O)O)cc(Cl)c2c1OCO2. The minimum atomic E-state index is -0.973. The second-order valence-corrected chi connectivity index (χ2v) is 5.11. The Bertz CT molecular complexity index is 516. The van der Waals surface area contributed by atoms with Crippen LogP contribution in [0.4, 0.5) is 0 Å². The number of hydrogen-bond donors (Lipinski definition) is 2. The summed E-state index contributed by atoms with van der Waals surface area (Å²) >= 11 is 6.12. The van der Waals surface area contributed by atoms with E-state index in [-0.39, 0.29) is 19.3 Å². The van der Waals surface area contributed by atoms with E-state index in [1.807, 2.05) is 13.8 Å². The van der Waals surface area contributed by atoms with Gasteiger partial charge in [0.15, 0.2) is 11.5 Å². The van der Waals surface area contributed by atoms with Gasteiger partial charge in [-0.3, -0.25) is 4.79 Å². The number of ether oxygens (including phenoxy) is 2. The summed E-state index contributed by atoms with van der Waals surface area (Å²) in [6, 6.07) is 1.62. The minimum absolute atomic E-state index is 0.00499. The second-order valence-electron chi connectivity index (χ2n) is 4.71. The van der Waals surface area contributed by atoms with Crippen LogP contribution in [0, 0.1) is 0 Å². The molecule has 1 heterocycles. The molecule has 0 saturated carbocycles. The number of halogens is 1. The third-order valence-corrected chi connectivity index (χ3v) is 3.43. The maximum Gasteiger partial charge on any atom is 0.312 e. The number of hydrogen-bond acceptors (Lipinski definition) is 4. The minimum Gasteiger partial charge on any atom is -0.481 e. The number of carbonyl (C=O) groups is 1. The van der Waals surface area contributed by atoms with Crippen LogP contribution in [-0.4, -0.2) is 24.4 Å². The van der Waals surface area contributed by atoms with E-state index < -0.39 is 11.9 Å². The number of carboxylic acids is 1. The van der Waals surface area contributed by atoms with E-state index in [0.717, 1.165) is 5.56 Å². The molecule has 1 atom stereocenters. The largest absolute Gasteiger partial charge is 0.481 e. The standard InChI is InChI=1S/C13H16ClNO4/c1-6(2)10-7(8(4-15)13(16)17)3-9(14)11-12(10)19-5-18-11/h3,6,8H,4-5,15H2,1-2H3,(H,16,17). The van der Waals surface area contributed by atoms with Crippen LogP contribution in [0.1, 0.15) is 36.8 Å². The lowest BCUT2D eigenvalue weighted by Gasteiger charge is -2.20. The van der Waals surface area contributed by atoms with Crippen LogP contribution in [0.3, 0.4) is 0 Å². The fourth-order valence-electron chi connectivity index (χ4n) is 2.31. The Labute approximate surface area is 116 Å². The average molecular weight is 286 g/mol. The molecule has 5 nitrogen and oxygen atoms in total. The van der Waals surface area contributed by atoms with Crippen molar-refractivity contribution >= 4 is 17.6 Å². The molecule has 1 aromatic rings. The molecule has 1 aliphatic heterocycles. The van der Waals surface area contributed by atoms with Crippen molar-refractivity contribution in [1.29, 1.82) is 0 Å². The zero-order valence-electron chi connectivity index (χ0n) is 10.8. The van der Waals surface area contributed by atoms with Crippen LogP contribution < -0.4 is 15.2 Å². The van der Waals surface area contributed by atoms with Gasteiger partial charge in [-0.2, -0.15) is 0 Å². The van der Waals surface area contributed by atoms with Crippen LogP contribution in [0.25, 0.3) is 0 Å². The van der Waals surface area contributed by atoms with Gasteiger partial charge in [-0.05, 0) is 17.5 Å². The van der Waals surface area contributed by atoms with Gasteiger partial charge in [-0.1, -0.05) is 25.4 Å². The van der Waals surface area contributed by atoms with Crippen LogP contribution in [0.2, 0.25) is 5.02 Å². The molecule has 0 aromatic heterocycles. The molecule has 0 spiro atoms. The Hall–Kier alpha value is -1.46. The average Bonchev–Trinajstić information content (AvgIpc) is 2.78. The molecule has 0 saturated heterocycles. The number of nitrogens with two attached hydrogens (primary N) is 1. The van der Waals surface area contributed by atoms with Crippen LogP contribution >= 0.6 is 11.6 Å². The quantitative estimate of drug-likeness (QED) is 0.887. The van der Waals surface area contributed by atoms with Crippen molar-refractivity contribution in [1.82, 2.24) is 0 Å². The van der Waals surface area contributed by atoms with E-state index in [2.05, 4.69) is 0 Å². The molecule has 19 heavy (non-hydrogen) atoms. The van der Waals surface area contributed by atoms with Crippen molar-refractivity contribution in [3.63, 3.8) is 0 Å². The lowest BCUT2D eigenvalue weighted by atomic mass is 9.87. The van der Waals surface area contributed by atoms with Crippen LogP contribution in [0.15, 0.2) is 6.07 Å². The second kappa shape index (κ2) is 5.27.